The molecule has 0 amide bonds. The fourth-order valence-electron chi connectivity index (χ4n) is 1.38. The molecule has 0 saturated carbocycles. The minimum absolute atomic E-state index is 0.553. The van der Waals surface area contributed by atoms with E-state index >= 15 is 0 Å². The van der Waals surface area contributed by atoms with Crippen molar-refractivity contribution in [2.75, 3.05) is 6.54 Å². The van der Waals surface area contributed by atoms with E-state index in [0.29, 0.717) is 6.54 Å². The van der Waals surface area contributed by atoms with Crippen molar-refractivity contribution in [3.8, 4) is 0 Å². The molecule has 1 heterocycles. The minimum atomic E-state index is 0.553. The first-order valence-electron chi connectivity index (χ1n) is 3.73. The van der Waals surface area contributed by atoms with E-state index in [0.717, 1.165) is 12.3 Å². The normalized spacial score (nSPS) is 14.5. The SMILES string of the molecule is NCC1=NCc2ccccc21. The van der Waals surface area contributed by atoms with Crippen LogP contribution in [0.4, 0.5) is 0 Å². The van der Waals surface area contributed by atoms with Gasteiger partial charge in [0.2, 0.25) is 0 Å². The fourth-order valence-corrected chi connectivity index (χ4v) is 1.38. The van der Waals surface area contributed by atoms with Crippen molar-refractivity contribution in [2.24, 2.45) is 10.7 Å². The van der Waals surface area contributed by atoms with Crippen molar-refractivity contribution in [2.45, 2.75) is 6.54 Å². The zero-order chi connectivity index (χ0) is 7.68. The van der Waals surface area contributed by atoms with Gasteiger partial charge in [-0.25, -0.2) is 0 Å². The summed E-state index contributed by atoms with van der Waals surface area (Å²) >= 11 is 0. The largest absolute Gasteiger partial charge is 0.325 e. The van der Waals surface area contributed by atoms with E-state index in [4.69, 9.17) is 5.73 Å². The zero-order valence-corrected chi connectivity index (χ0v) is 6.25. The Morgan fingerprint density at radius 2 is 2.18 bits per heavy atom. The molecule has 0 atom stereocenters. The predicted molar refractivity (Wildman–Crippen MR) is 45.7 cm³/mol. The number of hydrogen-bond acceptors (Lipinski definition) is 2. The topological polar surface area (TPSA) is 38.4 Å². The molecule has 1 aromatic rings. The molecule has 1 aromatic carbocycles. The monoisotopic (exact) mass is 146 g/mol. The Morgan fingerprint density at radius 1 is 1.36 bits per heavy atom. The zero-order valence-electron chi connectivity index (χ0n) is 6.25. The van der Waals surface area contributed by atoms with Crippen LogP contribution in [0.15, 0.2) is 29.3 Å². The van der Waals surface area contributed by atoms with Gasteiger partial charge in [0.1, 0.15) is 0 Å². The Labute approximate surface area is 65.8 Å². The fraction of sp³-hybridized carbons (Fsp3) is 0.222. The van der Waals surface area contributed by atoms with Crippen LogP contribution in [-0.4, -0.2) is 12.3 Å². The van der Waals surface area contributed by atoms with Gasteiger partial charge in [0.15, 0.2) is 0 Å². The second-order valence-corrected chi connectivity index (χ2v) is 2.62. The summed E-state index contributed by atoms with van der Waals surface area (Å²) in [6, 6.07) is 8.23. The molecule has 0 aromatic heterocycles. The van der Waals surface area contributed by atoms with Crippen LogP contribution in [0.1, 0.15) is 11.1 Å². The third kappa shape index (κ3) is 0.955. The first-order chi connectivity index (χ1) is 5.42. The third-order valence-corrected chi connectivity index (χ3v) is 1.96. The van der Waals surface area contributed by atoms with Crippen molar-refractivity contribution in [3.63, 3.8) is 0 Å². The second-order valence-electron chi connectivity index (χ2n) is 2.62. The molecule has 11 heavy (non-hydrogen) atoms. The van der Waals surface area contributed by atoms with Crippen LogP contribution in [0.2, 0.25) is 0 Å². The lowest BCUT2D eigenvalue weighted by Gasteiger charge is -1.98. The molecule has 1 aliphatic rings. The standard InChI is InChI=1S/C9H10N2/c10-5-9-8-4-2-1-3-7(8)6-11-9/h1-4H,5-6,10H2. The number of fused-ring (bicyclic) bond motifs is 1. The second kappa shape index (κ2) is 2.47. The van der Waals surface area contributed by atoms with E-state index in [1.165, 1.54) is 11.1 Å². The van der Waals surface area contributed by atoms with Gasteiger partial charge in [-0.3, -0.25) is 4.99 Å². The summed E-state index contributed by atoms with van der Waals surface area (Å²) in [5.74, 6) is 0. The molecule has 1 aliphatic heterocycles. The first-order valence-corrected chi connectivity index (χ1v) is 3.73. The van der Waals surface area contributed by atoms with E-state index in [1.807, 2.05) is 12.1 Å². The quantitative estimate of drug-likeness (QED) is 0.629. The van der Waals surface area contributed by atoms with Crippen LogP contribution in [0, 0.1) is 0 Å². The highest BCUT2D eigenvalue weighted by atomic mass is 14.8. The Balaban J connectivity index is 2.48. The summed E-state index contributed by atoms with van der Waals surface area (Å²) in [7, 11) is 0. The summed E-state index contributed by atoms with van der Waals surface area (Å²) in [5.41, 5.74) is 9.09. The number of nitrogens with two attached hydrogens (primary N) is 1. The van der Waals surface area contributed by atoms with Gasteiger partial charge in [0.25, 0.3) is 0 Å². The molecule has 0 unspecified atom stereocenters. The van der Waals surface area contributed by atoms with Crippen LogP contribution in [0.3, 0.4) is 0 Å². The molecular weight excluding hydrogens is 136 g/mol. The molecule has 0 saturated heterocycles. The molecule has 0 radical (unpaired) electrons. The minimum Gasteiger partial charge on any atom is -0.325 e. The lowest BCUT2D eigenvalue weighted by atomic mass is 10.1. The number of benzene rings is 1. The molecule has 2 N–H and O–H groups in total. The van der Waals surface area contributed by atoms with Crippen molar-refractivity contribution in [1.82, 2.24) is 0 Å². The summed E-state index contributed by atoms with van der Waals surface area (Å²) < 4.78 is 0. The molecule has 0 spiro atoms. The van der Waals surface area contributed by atoms with Crippen LogP contribution in [0.25, 0.3) is 0 Å². The maximum absolute atomic E-state index is 5.52. The third-order valence-electron chi connectivity index (χ3n) is 1.96. The molecule has 2 rings (SSSR count). The van der Waals surface area contributed by atoms with Crippen molar-refractivity contribution >= 4 is 5.71 Å². The van der Waals surface area contributed by atoms with Gasteiger partial charge in [0, 0.05) is 12.1 Å². The van der Waals surface area contributed by atoms with Gasteiger partial charge in [-0.2, -0.15) is 0 Å². The van der Waals surface area contributed by atoms with E-state index < -0.39 is 0 Å². The Morgan fingerprint density at radius 3 is 3.00 bits per heavy atom. The van der Waals surface area contributed by atoms with Gasteiger partial charge in [-0.1, -0.05) is 24.3 Å². The number of nitrogens with zero attached hydrogens (tertiary/aromatic N) is 1. The molecule has 2 nitrogen and oxygen atoms in total. The maximum atomic E-state index is 5.52. The predicted octanol–water partition coefficient (Wildman–Crippen LogP) is 0.948. The highest BCUT2D eigenvalue weighted by Gasteiger charge is 2.11. The average Bonchev–Trinajstić information content (AvgIpc) is 2.47. The summed E-state index contributed by atoms with van der Waals surface area (Å²) in [4.78, 5) is 4.31. The first kappa shape index (κ1) is 6.55. The summed E-state index contributed by atoms with van der Waals surface area (Å²) in [6.45, 7) is 1.36. The van der Waals surface area contributed by atoms with E-state index in [2.05, 4.69) is 17.1 Å². The van der Waals surface area contributed by atoms with Crippen LogP contribution in [0.5, 0.6) is 0 Å². The Hall–Kier alpha value is -1.15. The lowest BCUT2D eigenvalue weighted by Crippen LogP contribution is -2.12. The van der Waals surface area contributed by atoms with Gasteiger partial charge in [-0.05, 0) is 5.56 Å². The summed E-state index contributed by atoms with van der Waals surface area (Å²) in [6.07, 6.45) is 0. The van der Waals surface area contributed by atoms with Crippen LogP contribution < -0.4 is 5.73 Å². The molecule has 56 valence electrons. The van der Waals surface area contributed by atoms with E-state index in [-0.39, 0.29) is 0 Å². The van der Waals surface area contributed by atoms with Gasteiger partial charge in [0.05, 0.1) is 12.3 Å². The van der Waals surface area contributed by atoms with Crippen molar-refractivity contribution < 1.29 is 0 Å². The smallest absolute Gasteiger partial charge is 0.0650 e. The highest BCUT2D eigenvalue weighted by molar-refractivity contribution is 6.04. The highest BCUT2D eigenvalue weighted by Crippen LogP contribution is 2.17. The van der Waals surface area contributed by atoms with E-state index in [1.54, 1.807) is 0 Å². The Kier molecular flexibility index (Phi) is 1.47. The van der Waals surface area contributed by atoms with Gasteiger partial charge >= 0.3 is 0 Å². The number of aliphatic imine (C=N–C) groups is 1. The maximum Gasteiger partial charge on any atom is 0.0650 e. The van der Waals surface area contributed by atoms with Gasteiger partial charge < -0.3 is 5.73 Å². The van der Waals surface area contributed by atoms with Crippen molar-refractivity contribution in [3.05, 3.63) is 35.4 Å². The Bertz CT molecular complexity index is 302. The molecule has 0 fully saturated rings. The van der Waals surface area contributed by atoms with Crippen LogP contribution in [-0.2, 0) is 6.54 Å². The van der Waals surface area contributed by atoms with Crippen LogP contribution >= 0.6 is 0 Å². The lowest BCUT2D eigenvalue weighted by molar-refractivity contribution is 1.10. The molecule has 0 aliphatic carbocycles. The summed E-state index contributed by atoms with van der Waals surface area (Å²) in [5, 5.41) is 0. The average molecular weight is 146 g/mol. The molecule has 0 bridgehead atoms. The number of hydrogen-bond donors (Lipinski definition) is 1. The van der Waals surface area contributed by atoms with E-state index in [9.17, 15) is 0 Å². The molecule has 2 heteroatoms. The number of rotatable bonds is 1. The molecular formula is C9H10N2. The van der Waals surface area contributed by atoms with Gasteiger partial charge in [-0.15, -0.1) is 0 Å². The van der Waals surface area contributed by atoms with Crippen molar-refractivity contribution in [1.29, 1.82) is 0 Å².